The first-order valence-electron chi connectivity index (χ1n) is 10.9. The van der Waals surface area contributed by atoms with E-state index in [1.807, 2.05) is 6.07 Å². The van der Waals surface area contributed by atoms with E-state index in [0.717, 1.165) is 31.1 Å². The Morgan fingerprint density at radius 3 is 2.64 bits per heavy atom. The first kappa shape index (κ1) is 21.1. The monoisotopic (exact) mass is 448 g/mol. The molecule has 0 radical (unpaired) electrons. The average molecular weight is 448 g/mol. The number of esters is 1. The Labute approximate surface area is 190 Å². The number of fused-ring (bicyclic) bond motifs is 2. The summed E-state index contributed by atoms with van der Waals surface area (Å²) in [7, 11) is 1.58. The third-order valence-corrected chi connectivity index (χ3v) is 5.95. The lowest BCUT2D eigenvalue weighted by atomic mass is 10.1. The number of amides is 1. The Kier molecular flexibility index (Phi) is 5.28. The summed E-state index contributed by atoms with van der Waals surface area (Å²) in [6.45, 7) is 1.30. The number of carbonyl (C=O) groups excluding carboxylic acids is 2. The van der Waals surface area contributed by atoms with Crippen molar-refractivity contribution >= 4 is 28.5 Å². The number of anilines is 1. The van der Waals surface area contributed by atoms with E-state index in [1.165, 1.54) is 0 Å². The SMILES string of the molecule is COc1ccc2cc(C(=O)OCC(=O)Nc3ccc4c(c3)OC3(CCCC3)O4)c(C)nc2c1. The van der Waals surface area contributed by atoms with Crippen LogP contribution in [-0.4, -0.2) is 36.4 Å². The summed E-state index contributed by atoms with van der Waals surface area (Å²) in [5, 5.41) is 3.51. The third-order valence-electron chi connectivity index (χ3n) is 5.95. The van der Waals surface area contributed by atoms with E-state index in [9.17, 15) is 9.59 Å². The van der Waals surface area contributed by atoms with Gasteiger partial charge in [0.25, 0.3) is 11.7 Å². The molecule has 33 heavy (non-hydrogen) atoms. The zero-order chi connectivity index (χ0) is 23.0. The minimum atomic E-state index is -0.610. The van der Waals surface area contributed by atoms with Gasteiger partial charge in [-0.1, -0.05) is 0 Å². The van der Waals surface area contributed by atoms with E-state index in [4.69, 9.17) is 18.9 Å². The Morgan fingerprint density at radius 2 is 1.85 bits per heavy atom. The summed E-state index contributed by atoms with van der Waals surface area (Å²) >= 11 is 0. The van der Waals surface area contributed by atoms with Crippen molar-refractivity contribution < 1.29 is 28.5 Å². The van der Waals surface area contributed by atoms with Crippen LogP contribution in [0.4, 0.5) is 5.69 Å². The van der Waals surface area contributed by atoms with Gasteiger partial charge in [-0.25, -0.2) is 4.79 Å². The molecule has 1 amide bonds. The molecular weight excluding hydrogens is 424 g/mol. The van der Waals surface area contributed by atoms with Gasteiger partial charge < -0.3 is 24.3 Å². The number of aromatic nitrogens is 1. The number of hydrogen-bond acceptors (Lipinski definition) is 7. The summed E-state index contributed by atoms with van der Waals surface area (Å²) < 4.78 is 22.4. The summed E-state index contributed by atoms with van der Waals surface area (Å²) in [6.07, 6.45) is 3.86. The molecule has 5 rings (SSSR count). The zero-order valence-electron chi connectivity index (χ0n) is 18.5. The number of rotatable bonds is 5. The van der Waals surface area contributed by atoms with Crippen molar-refractivity contribution in [2.45, 2.75) is 38.4 Å². The maximum Gasteiger partial charge on any atom is 0.340 e. The molecule has 1 aromatic heterocycles. The van der Waals surface area contributed by atoms with Crippen molar-refractivity contribution in [3.63, 3.8) is 0 Å². The lowest BCUT2D eigenvalue weighted by Crippen LogP contribution is -2.34. The number of nitrogens with one attached hydrogen (secondary N) is 1. The van der Waals surface area contributed by atoms with Gasteiger partial charge in [0, 0.05) is 36.0 Å². The molecule has 0 atom stereocenters. The van der Waals surface area contributed by atoms with E-state index in [2.05, 4.69) is 10.3 Å². The number of ether oxygens (including phenoxy) is 4. The van der Waals surface area contributed by atoms with Crippen LogP contribution in [0.3, 0.4) is 0 Å². The van der Waals surface area contributed by atoms with Gasteiger partial charge in [0.2, 0.25) is 0 Å². The lowest BCUT2D eigenvalue weighted by Gasteiger charge is -2.21. The van der Waals surface area contributed by atoms with Gasteiger partial charge >= 0.3 is 5.97 Å². The Balaban J connectivity index is 1.21. The van der Waals surface area contributed by atoms with E-state index in [-0.39, 0.29) is 0 Å². The van der Waals surface area contributed by atoms with Crippen molar-refractivity contribution in [3.05, 3.63) is 53.7 Å². The smallest absolute Gasteiger partial charge is 0.340 e. The van der Waals surface area contributed by atoms with Gasteiger partial charge in [0.1, 0.15) is 5.75 Å². The molecule has 0 bridgehead atoms. The molecule has 2 aromatic carbocycles. The van der Waals surface area contributed by atoms with Crippen LogP contribution in [0.2, 0.25) is 0 Å². The summed E-state index contributed by atoms with van der Waals surface area (Å²) in [5.41, 5.74) is 2.08. The first-order valence-corrected chi connectivity index (χ1v) is 10.9. The number of hydrogen-bond donors (Lipinski definition) is 1. The van der Waals surface area contributed by atoms with Crippen molar-refractivity contribution in [3.8, 4) is 17.2 Å². The normalized spacial score (nSPS) is 15.6. The maximum absolute atomic E-state index is 12.6. The molecule has 2 aliphatic rings. The Morgan fingerprint density at radius 1 is 1.06 bits per heavy atom. The number of methoxy groups -OCH3 is 1. The fraction of sp³-hybridized carbons (Fsp3) is 0.320. The molecule has 3 aromatic rings. The van der Waals surface area contributed by atoms with Gasteiger partial charge in [-0.3, -0.25) is 9.78 Å². The number of aryl methyl sites for hydroxylation is 1. The molecule has 1 N–H and O–H groups in total. The molecule has 1 spiro atoms. The van der Waals surface area contributed by atoms with Crippen LogP contribution >= 0.6 is 0 Å². The largest absolute Gasteiger partial charge is 0.497 e. The van der Waals surface area contributed by atoms with Crippen LogP contribution in [-0.2, 0) is 9.53 Å². The average Bonchev–Trinajstić information content (AvgIpc) is 3.41. The lowest BCUT2D eigenvalue weighted by molar-refractivity contribution is -0.119. The van der Waals surface area contributed by atoms with E-state index >= 15 is 0 Å². The van der Waals surface area contributed by atoms with Crippen LogP contribution in [0.15, 0.2) is 42.5 Å². The minimum Gasteiger partial charge on any atom is -0.497 e. The summed E-state index contributed by atoms with van der Waals surface area (Å²) in [4.78, 5) is 29.4. The second kappa shape index (κ2) is 8.27. The van der Waals surface area contributed by atoms with Crippen molar-refractivity contribution in [2.24, 2.45) is 0 Å². The van der Waals surface area contributed by atoms with Crippen molar-refractivity contribution in [1.82, 2.24) is 4.98 Å². The van der Waals surface area contributed by atoms with Gasteiger partial charge in [-0.05, 0) is 50.1 Å². The molecule has 170 valence electrons. The number of benzene rings is 2. The second-order valence-corrected chi connectivity index (χ2v) is 8.29. The predicted octanol–water partition coefficient (Wildman–Crippen LogP) is 4.39. The van der Waals surface area contributed by atoms with E-state index in [1.54, 1.807) is 50.4 Å². The molecular formula is C25H24N2O6. The first-order chi connectivity index (χ1) is 15.9. The molecule has 1 aliphatic carbocycles. The molecule has 1 saturated carbocycles. The fourth-order valence-corrected chi connectivity index (χ4v) is 4.27. The summed E-state index contributed by atoms with van der Waals surface area (Å²) in [6, 6.07) is 12.4. The van der Waals surface area contributed by atoms with E-state index < -0.39 is 24.3 Å². The molecule has 1 aliphatic heterocycles. The molecule has 8 heteroatoms. The highest BCUT2D eigenvalue weighted by Gasteiger charge is 2.44. The molecule has 2 heterocycles. The van der Waals surface area contributed by atoms with Crippen molar-refractivity contribution in [1.29, 1.82) is 0 Å². The number of nitrogens with zero attached hydrogens (tertiary/aromatic N) is 1. The molecule has 0 saturated heterocycles. The van der Waals surface area contributed by atoms with Crippen LogP contribution < -0.4 is 19.5 Å². The predicted molar refractivity (Wildman–Crippen MR) is 121 cm³/mol. The van der Waals surface area contributed by atoms with Crippen LogP contribution in [0.5, 0.6) is 17.2 Å². The molecule has 0 unspecified atom stereocenters. The third kappa shape index (κ3) is 4.16. The van der Waals surface area contributed by atoms with Crippen molar-refractivity contribution in [2.75, 3.05) is 19.0 Å². The van der Waals surface area contributed by atoms with Crippen LogP contribution in [0, 0.1) is 6.92 Å². The standard InChI is InChI=1S/C25H24N2O6/c1-15-19(11-16-5-7-18(30-2)13-20(16)26-15)24(29)31-14-23(28)27-17-6-8-21-22(12-17)33-25(32-21)9-3-4-10-25/h5-8,11-13H,3-4,9-10,14H2,1-2H3,(H,27,28). The van der Waals surface area contributed by atoms with Crippen LogP contribution in [0.25, 0.3) is 10.9 Å². The van der Waals surface area contributed by atoms with Gasteiger partial charge in [0.15, 0.2) is 18.1 Å². The zero-order valence-corrected chi connectivity index (χ0v) is 18.5. The highest BCUT2D eigenvalue weighted by molar-refractivity contribution is 5.98. The minimum absolute atomic E-state index is 0.311. The van der Waals surface area contributed by atoms with Gasteiger partial charge in [0.05, 0.1) is 23.9 Å². The summed E-state index contributed by atoms with van der Waals surface area (Å²) in [5.74, 6) is 0.357. The van der Waals surface area contributed by atoms with Gasteiger partial charge in [-0.2, -0.15) is 0 Å². The van der Waals surface area contributed by atoms with Crippen LogP contribution in [0.1, 0.15) is 41.7 Å². The second-order valence-electron chi connectivity index (χ2n) is 8.29. The molecule has 8 nitrogen and oxygen atoms in total. The fourth-order valence-electron chi connectivity index (χ4n) is 4.27. The van der Waals surface area contributed by atoms with E-state index in [0.29, 0.717) is 39.7 Å². The topological polar surface area (TPSA) is 96.0 Å². The number of carbonyl (C=O) groups is 2. The highest BCUT2D eigenvalue weighted by Crippen LogP contribution is 2.47. The maximum atomic E-state index is 12.6. The highest BCUT2D eigenvalue weighted by atomic mass is 16.7. The Hall–Kier alpha value is -3.81. The molecule has 1 fully saturated rings. The Bertz CT molecular complexity index is 1250. The van der Waals surface area contributed by atoms with Gasteiger partial charge in [-0.15, -0.1) is 0 Å². The quantitative estimate of drug-likeness (QED) is 0.578. The number of pyridine rings is 1.